The minimum atomic E-state index is -0.638. The molecule has 5 N–H and O–H groups in total. The number of H-pyrrole nitrogens is 1. The highest BCUT2D eigenvalue weighted by Crippen LogP contribution is 2.26. The number of carbonyl (C=O) groups is 2. The summed E-state index contributed by atoms with van der Waals surface area (Å²) in [4.78, 5) is 41.1. The molecule has 1 aromatic carbocycles. The molecular formula is C16H17N7O3. The third kappa shape index (κ3) is 3.38. The Morgan fingerprint density at radius 1 is 1.19 bits per heavy atom. The van der Waals surface area contributed by atoms with Crippen LogP contribution < -0.4 is 16.4 Å². The molecule has 0 atom stereocenters. The molecule has 3 aromatic rings. The van der Waals surface area contributed by atoms with E-state index < -0.39 is 6.03 Å². The van der Waals surface area contributed by atoms with E-state index >= 15 is 0 Å². The van der Waals surface area contributed by atoms with Gasteiger partial charge in [-0.2, -0.15) is 5.01 Å². The number of nitrogens with two attached hydrogens (primary N) is 1. The van der Waals surface area contributed by atoms with Crippen molar-refractivity contribution in [1.82, 2.24) is 25.6 Å². The molecule has 0 fully saturated rings. The molecule has 0 radical (unpaired) electrons. The van der Waals surface area contributed by atoms with Gasteiger partial charge in [-0.05, 0) is 24.3 Å². The zero-order valence-corrected chi connectivity index (χ0v) is 13.9. The number of hydrogen-bond donors (Lipinski definition) is 4. The summed E-state index contributed by atoms with van der Waals surface area (Å²) >= 11 is 0. The van der Waals surface area contributed by atoms with E-state index in [1.54, 1.807) is 24.4 Å². The van der Waals surface area contributed by atoms with Crippen LogP contribution in [-0.4, -0.2) is 47.1 Å². The Hall–Kier alpha value is -3.69. The minimum Gasteiger partial charge on any atom is -0.384 e. The van der Waals surface area contributed by atoms with Gasteiger partial charge in [0.1, 0.15) is 5.82 Å². The van der Waals surface area contributed by atoms with Gasteiger partial charge in [-0.25, -0.2) is 9.78 Å². The van der Waals surface area contributed by atoms with Crippen LogP contribution in [-0.2, 0) is 0 Å². The van der Waals surface area contributed by atoms with Crippen molar-refractivity contribution in [3.05, 3.63) is 40.9 Å². The summed E-state index contributed by atoms with van der Waals surface area (Å²) in [6.45, 7) is 0.377. The van der Waals surface area contributed by atoms with E-state index in [4.69, 9.17) is 5.73 Å². The Morgan fingerprint density at radius 2 is 1.92 bits per heavy atom. The molecular weight excluding hydrogens is 338 g/mol. The average Bonchev–Trinajstić information content (AvgIpc) is 3.01. The normalized spacial score (nSPS) is 10.7. The Bertz CT molecular complexity index is 998. The van der Waals surface area contributed by atoms with Crippen molar-refractivity contribution in [2.75, 3.05) is 25.9 Å². The number of aromatic nitrogens is 2. The number of hydrogen-bond acceptors (Lipinski definition) is 6. The Balaban J connectivity index is 1.68. The van der Waals surface area contributed by atoms with E-state index in [0.29, 0.717) is 16.4 Å². The summed E-state index contributed by atoms with van der Waals surface area (Å²) < 4.78 is 0. The molecule has 0 bridgehead atoms. The lowest BCUT2D eigenvalue weighted by atomic mass is 10.1. The first-order valence-corrected chi connectivity index (χ1v) is 7.79. The standard InChI is InChI=1S/C16H17N7O3/c1-23(22-26)16(25)19-5-4-18-15(24)9-2-3-12-10(6-9)11-7-14(17)20-8-13(11)21-12/h2-3,6-8,21H,4-5H2,1H3,(H2,17,20)(H,18,24)(H,19,25). The van der Waals surface area contributed by atoms with Crippen LogP contribution in [0.1, 0.15) is 10.4 Å². The van der Waals surface area contributed by atoms with Gasteiger partial charge in [0.25, 0.3) is 5.91 Å². The number of anilines is 1. The maximum atomic E-state index is 12.3. The van der Waals surface area contributed by atoms with Crippen LogP contribution in [0.15, 0.2) is 35.7 Å². The number of pyridine rings is 1. The summed E-state index contributed by atoms with van der Waals surface area (Å²) in [7, 11) is 1.24. The number of urea groups is 1. The van der Waals surface area contributed by atoms with Gasteiger partial charge in [0, 0.05) is 42.0 Å². The van der Waals surface area contributed by atoms with Crippen LogP contribution in [0.2, 0.25) is 0 Å². The van der Waals surface area contributed by atoms with Gasteiger partial charge in [0.05, 0.1) is 17.0 Å². The summed E-state index contributed by atoms with van der Waals surface area (Å²) in [5.41, 5.74) is 7.93. The minimum absolute atomic E-state index is 0.169. The Morgan fingerprint density at radius 3 is 2.69 bits per heavy atom. The highest BCUT2D eigenvalue weighted by Gasteiger charge is 2.11. The molecule has 0 aliphatic rings. The first-order valence-electron chi connectivity index (χ1n) is 7.79. The number of amides is 3. The fourth-order valence-electron chi connectivity index (χ4n) is 2.56. The molecule has 0 aliphatic heterocycles. The predicted octanol–water partition coefficient (Wildman–Crippen LogP) is 1.35. The molecule has 0 aliphatic carbocycles. The van der Waals surface area contributed by atoms with Gasteiger partial charge in [-0.1, -0.05) is 0 Å². The summed E-state index contributed by atoms with van der Waals surface area (Å²) in [5, 5.41) is 10.0. The van der Waals surface area contributed by atoms with Crippen molar-refractivity contribution in [2.45, 2.75) is 0 Å². The molecule has 10 nitrogen and oxygen atoms in total. The summed E-state index contributed by atoms with van der Waals surface area (Å²) in [6, 6.07) is 6.40. The van der Waals surface area contributed by atoms with E-state index in [1.807, 2.05) is 6.07 Å². The van der Waals surface area contributed by atoms with Crippen LogP contribution in [0, 0.1) is 4.91 Å². The number of aromatic amines is 1. The molecule has 2 heterocycles. The van der Waals surface area contributed by atoms with Crippen molar-refractivity contribution in [1.29, 1.82) is 0 Å². The predicted molar refractivity (Wildman–Crippen MR) is 97.3 cm³/mol. The van der Waals surface area contributed by atoms with Crippen LogP contribution in [0.3, 0.4) is 0 Å². The van der Waals surface area contributed by atoms with E-state index in [1.165, 1.54) is 7.05 Å². The second kappa shape index (κ2) is 7.05. The van der Waals surface area contributed by atoms with Crippen molar-refractivity contribution in [3.63, 3.8) is 0 Å². The van der Waals surface area contributed by atoms with Crippen molar-refractivity contribution in [3.8, 4) is 0 Å². The zero-order chi connectivity index (χ0) is 18.7. The fraction of sp³-hybridized carbons (Fsp3) is 0.188. The topological polar surface area (TPSA) is 146 Å². The van der Waals surface area contributed by atoms with Gasteiger partial charge in [-0.15, -0.1) is 4.91 Å². The molecule has 26 heavy (non-hydrogen) atoms. The number of nitrogens with zero attached hydrogens (tertiary/aromatic N) is 3. The maximum absolute atomic E-state index is 12.3. The van der Waals surface area contributed by atoms with Crippen LogP contribution in [0.5, 0.6) is 0 Å². The fourth-order valence-corrected chi connectivity index (χ4v) is 2.56. The van der Waals surface area contributed by atoms with Crippen LogP contribution >= 0.6 is 0 Å². The van der Waals surface area contributed by atoms with Gasteiger partial charge in [0.2, 0.25) is 0 Å². The van der Waals surface area contributed by atoms with E-state index in [-0.39, 0.29) is 19.0 Å². The number of rotatable bonds is 5. The molecule has 0 unspecified atom stereocenters. The molecule has 134 valence electrons. The highest BCUT2D eigenvalue weighted by molar-refractivity contribution is 6.10. The third-order valence-electron chi connectivity index (χ3n) is 3.87. The number of nitrogens with one attached hydrogen (secondary N) is 3. The molecule has 0 saturated carbocycles. The number of nitroso groups, excluding NO2 is 1. The Labute approximate surface area is 147 Å². The van der Waals surface area contributed by atoms with Gasteiger partial charge >= 0.3 is 6.03 Å². The van der Waals surface area contributed by atoms with Crippen molar-refractivity contribution in [2.24, 2.45) is 5.29 Å². The van der Waals surface area contributed by atoms with E-state index in [2.05, 4.69) is 25.9 Å². The number of carbonyl (C=O) groups excluding carboxylic acids is 2. The molecule has 0 saturated heterocycles. The summed E-state index contributed by atoms with van der Waals surface area (Å²) in [6.07, 6.45) is 1.65. The van der Waals surface area contributed by atoms with E-state index in [9.17, 15) is 14.5 Å². The van der Waals surface area contributed by atoms with Crippen molar-refractivity contribution < 1.29 is 9.59 Å². The largest absolute Gasteiger partial charge is 0.384 e. The highest BCUT2D eigenvalue weighted by atomic mass is 16.3. The molecule has 10 heteroatoms. The number of nitrogen functional groups attached to an aromatic ring is 1. The average molecular weight is 355 g/mol. The second-order valence-corrected chi connectivity index (χ2v) is 5.63. The van der Waals surface area contributed by atoms with Gasteiger partial charge in [0.15, 0.2) is 0 Å². The van der Waals surface area contributed by atoms with Crippen LogP contribution in [0.4, 0.5) is 10.6 Å². The molecule has 0 spiro atoms. The lowest BCUT2D eigenvalue weighted by molar-refractivity contribution is 0.0953. The molecule has 3 rings (SSSR count). The third-order valence-corrected chi connectivity index (χ3v) is 3.87. The summed E-state index contributed by atoms with van der Waals surface area (Å²) in [5.74, 6) is 0.123. The first-order chi connectivity index (χ1) is 12.5. The van der Waals surface area contributed by atoms with Crippen LogP contribution in [0.25, 0.3) is 21.8 Å². The SMILES string of the molecule is CN(N=O)C(=O)NCCNC(=O)c1ccc2[nH]c3cnc(N)cc3c2c1. The monoisotopic (exact) mass is 355 g/mol. The first kappa shape index (κ1) is 17.1. The lowest BCUT2D eigenvalue weighted by Gasteiger charge is -2.09. The molecule has 3 amide bonds. The molecule has 2 aromatic heterocycles. The maximum Gasteiger partial charge on any atom is 0.340 e. The smallest absolute Gasteiger partial charge is 0.340 e. The number of fused-ring (bicyclic) bond motifs is 3. The number of benzene rings is 1. The quantitative estimate of drug-likeness (QED) is 0.310. The van der Waals surface area contributed by atoms with Gasteiger partial charge < -0.3 is 21.4 Å². The zero-order valence-electron chi connectivity index (χ0n) is 13.9. The van der Waals surface area contributed by atoms with E-state index in [0.717, 1.165) is 21.8 Å². The second-order valence-electron chi connectivity index (χ2n) is 5.63. The van der Waals surface area contributed by atoms with Gasteiger partial charge in [-0.3, -0.25) is 4.79 Å². The van der Waals surface area contributed by atoms with Crippen molar-refractivity contribution >= 4 is 39.6 Å². The lowest BCUT2D eigenvalue weighted by Crippen LogP contribution is -2.39. The Kier molecular flexibility index (Phi) is 4.65.